The smallest absolute Gasteiger partial charge is 0.358 e. The number of fused-ring (bicyclic) bond motifs is 5. The highest BCUT2D eigenvalue weighted by atomic mass is 16.7. The van der Waals surface area contributed by atoms with Crippen molar-refractivity contribution in [2.75, 3.05) is 21.2 Å². The van der Waals surface area contributed by atoms with E-state index in [9.17, 15) is 14.4 Å². The zero-order valence-electron chi connectivity index (χ0n) is 28.2. The Labute approximate surface area is 272 Å². The summed E-state index contributed by atoms with van der Waals surface area (Å²) in [7, 11) is 5.19. The van der Waals surface area contributed by atoms with E-state index in [0.717, 1.165) is 59.2 Å². The molecule has 6 rings (SSSR count). The Hall–Kier alpha value is -3.69. The number of carbonyl (C=O) groups excluding carboxylic acids is 3. The fourth-order valence-electron chi connectivity index (χ4n) is 8.28. The number of hydrazine groups is 1. The number of nitrogens with zero attached hydrogens (tertiary/aromatic N) is 3. The molecule has 3 atom stereocenters. The van der Waals surface area contributed by atoms with Crippen LogP contribution in [-0.4, -0.2) is 65.4 Å². The Kier molecular flexibility index (Phi) is 9.00. The van der Waals surface area contributed by atoms with Crippen molar-refractivity contribution in [1.82, 2.24) is 20.1 Å². The van der Waals surface area contributed by atoms with Gasteiger partial charge in [0.1, 0.15) is 11.5 Å². The quantitative estimate of drug-likeness (QED) is 0.288. The van der Waals surface area contributed by atoms with Crippen molar-refractivity contribution in [2.45, 2.75) is 103 Å². The standard InChI is InChI=1S/C37H48N4O5/c1-23-12-14-28(18-24(2)42)41(23)36(44)37(3)21-27-19-29(45-6)15-17-30(27)34-33(25-10-8-7-9-11-25)31-16-13-26(20-32(31)40(34)22-37)35(43)46-38-39(4)5/h13,15-17,19-20,23,25,28,38H,7-12,14,18,21-22H2,1-6H3. The molecule has 3 heterocycles. The molecule has 1 saturated heterocycles. The van der Waals surface area contributed by atoms with Gasteiger partial charge in [0.2, 0.25) is 5.91 Å². The number of likely N-dealkylation sites (tertiary alicyclic amines) is 1. The first-order chi connectivity index (χ1) is 22.0. The van der Waals surface area contributed by atoms with Crippen LogP contribution in [0.15, 0.2) is 36.4 Å². The van der Waals surface area contributed by atoms with Crippen LogP contribution in [0.5, 0.6) is 5.75 Å². The van der Waals surface area contributed by atoms with E-state index in [4.69, 9.17) is 9.57 Å². The largest absolute Gasteiger partial charge is 0.497 e. The Morgan fingerprint density at radius 3 is 2.48 bits per heavy atom. The normalized spacial score (nSPS) is 23.2. The highest BCUT2D eigenvalue weighted by Crippen LogP contribution is 2.49. The monoisotopic (exact) mass is 628 g/mol. The summed E-state index contributed by atoms with van der Waals surface area (Å²) < 4.78 is 8.01. The molecule has 46 heavy (non-hydrogen) atoms. The molecule has 0 spiro atoms. The Morgan fingerprint density at radius 1 is 1.02 bits per heavy atom. The van der Waals surface area contributed by atoms with Gasteiger partial charge < -0.3 is 19.0 Å². The number of amides is 1. The highest BCUT2D eigenvalue weighted by Gasteiger charge is 2.46. The van der Waals surface area contributed by atoms with Gasteiger partial charge in [-0.3, -0.25) is 9.59 Å². The lowest BCUT2D eigenvalue weighted by Gasteiger charge is -2.38. The zero-order valence-corrected chi connectivity index (χ0v) is 28.2. The van der Waals surface area contributed by atoms with Gasteiger partial charge in [-0.05, 0) is 100 Å². The van der Waals surface area contributed by atoms with Crippen LogP contribution < -0.4 is 10.3 Å². The van der Waals surface area contributed by atoms with Crippen LogP contribution >= 0.6 is 0 Å². The third-order valence-electron chi connectivity index (χ3n) is 10.4. The average molecular weight is 629 g/mol. The molecule has 9 heteroatoms. The van der Waals surface area contributed by atoms with Gasteiger partial charge in [-0.1, -0.05) is 30.9 Å². The molecule has 0 radical (unpaired) electrons. The van der Waals surface area contributed by atoms with E-state index >= 15 is 0 Å². The Bertz CT molecular complexity index is 1650. The van der Waals surface area contributed by atoms with Crippen LogP contribution in [0.2, 0.25) is 0 Å². The minimum Gasteiger partial charge on any atom is -0.497 e. The molecule has 3 unspecified atom stereocenters. The summed E-state index contributed by atoms with van der Waals surface area (Å²) in [4.78, 5) is 47.7. The number of ketones is 1. The summed E-state index contributed by atoms with van der Waals surface area (Å²) in [6, 6.07) is 12.1. The third-order valence-corrected chi connectivity index (χ3v) is 10.4. The van der Waals surface area contributed by atoms with Crippen molar-refractivity contribution >= 4 is 28.6 Å². The molecule has 246 valence electrons. The summed E-state index contributed by atoms with van der Waals surface area (Å²) in [6.07, 6.45) is 8.49. The van der Waals surface area contributed by atoms with Crippen molar-refractivity contribution in [1.29, 1.82) is 0 Å². The number of Topliss-reactive ketones (excluding diaryl/α,β-unsaturated/α-hetero) is 1. The van der Waals surface area contributed by atoms with Crippen LogP contribution in [-0.2, 0) is 27.4 Å². The lowest BCUT2D eigenvalue weighted by molar-refractivity contribution is -0.145. The first-order valence-electron chi connectivity index (χ1n) is 16.8. The second kappa shape index (κ2) is 12.8. The van der Waals surface area contributed by atoms with Crippen molar-refractivity contribution in [3.05, 3.63) is 53.1 Å². The van der Waals surface area contributed by atoms with Crippen LogP contribution in [0.1, 0.15) is 99.5 Å². The fraction of sp³-hybridized carbons (Fsp3) is 0.541. The minimum atomic E-state index is -0.807. The van der Waals surface area contributed by atoms with Gasteiger partial charge in [-0.15, -0.1) is 0 Å². The minimum absolute atomic E-state index is 0.0611. The number of ether oxygens (including phenoxy) is 1. The molecule has 3 aromatic rings. The number of aromatic nitrogens is 1. The van der Waals surface area contributed by atoms with E-state index in [-0.39, 0.29) is 23.8 Å². The lowest BCUT2D eigenvalue weighted by Crippen LogP contribution is -2.50. The van der Waals surface area contributed by atoms with E-state index < -0.39 is 11.4 Å². The van der Waals surface area contributed by atoms with Gasteiger partial charge in [0.05, 0.1) is 23.8 Å². The van der Waals surface area contributed by atoms with E-state index in [0.29, 0.717) is 30.9 Å². The molecule has 3 aliphatic rings. The van der Waals surface area contributed by atoms with E-state index in [1.807, 2.05) is 23.1 Å². The van der Waals surface area contributed by atoms with Crippen LogP contribution in [0.4, 0.5) is 0 Å². The van der Waals surface area contributed by atoms with Gasteiger partial charge in [0.25, 0.3) is 0 Å². The van der Waals surface area contributed by atoms with Gasteiger partial charge in [-0.2, -0.15) is 0 Å². The number of hydrogen-bond acceptors (Lipinski definition) is 7. The maximum atomic E-state index is 14.9. The fourth-order valence-corrected chi connectivity index (χ4v) is 8.28. The average Bonchev–Trinajstić information content (AvgIpc) is 3.50. The van der Waals surface area contributed by atoms with Gasteiger partial charge in [0, 0.05) is 55.6 Å². The number of nitrogens with one attached hydrogen (secondary N) is 1. The molecule has 1 aromatic heterocycles. The summed E-state index contributed by atoms with van der Waals surface area (Å²) in [5.41, 5.74) is 7.84. The molecule has 2 aromatic carbocycles. The number of benzene rings is 2. The van der Waals surface area contributed by atoms with E-state index in [1.165, 1.54) is 24.8 Å². The maximum Gasteiger partial charge on any atom is 0.358 e. The maximum absolute atomic E-state index is 14.9. The van der Waals surface area contributed by atoms with Crippen molar-refractivity contribution in [3.8, 4) is 17.0 Å². The summed E-state index contributed by atoms with van der Waals surface area (Å²) in [5, 5.41) is 2.70. The topological polar surface area (TPSA) is 93.1 Å². The Morgan fingerprint density at radius 2 is 1.78 bits per heavy atom. The van der Waals surface area contributed by atoms with Crippen LogP contribution in [0.25, 0.3) is 22.2 Å². The SMILES string of the molecule is COc1ccc2c(c1)CC(C)(C(=O)N1C(C)CCC1CC(C)=O)Cn1c-2c(C2CCCCC2)c2ccc(C(=O)ONN(C)C)cc21. The molecule has 1 aliphatic carbocycles. The molecule has 1 amide bonds. The molecule has 0 bridgehead atoms. The van der Waals surface area contributed by atoms with Gasteiger partial charge in [-0.25, -0.2) is 9.80 Å². The molecule has 1 saturated carbocycles. The number of carbonyl (C=O) groups is 3. The summed E-state index contributed by atoms with van der Waals surface area (Å²) >= 11 is 0. The zero-order chi connectivity index (χ0) is 32.7. The predicted octanol–water partition coefficient (Wildman–Crippen LogP) is 6.42. The molecular weight excluding hydrogens is 580 g/mol. The molecular formula is C37H48N4O5. The first kappa shape index (κ1) is 32.3. The second-order valence-corrected chi connectivity index (χ2v) is 14.2. The van der Waals surface area contributed by atoms with Crippen molar-refractivity contribution in [3.63, 3.8) is 0 Å². The number of hydrogen-bond donors (Lipinski definition) is 1. The van der Waals surface area contributed by atoms with Crippen LogP contribution in [0.3, 0.4) is 0 Å². The summed E-state index contributed by atoms with van der Waals surface area (Å²) in [6.45, 7) is 6.25. The predicted molar refractivity (Wildman–Crippen MR) is 178 cm³/mol. The molecule has 1 N–H and O–H groups in total. The Balaban J connectivity index is 1.56. The molecule has 9 nitrogen and oxygen atoms in total. The lowest BCUT2D eigenvalue weighted by atomic mass is 9.79. The second-order valence-electron chi connectivity index (χ2n) is 14.2. The number of rotatable bonds is 8. The molecule has 2 fully saturated rings. The summed E-state index contributed by atoms with van der Waals surface area (Å²) in [5.74, 6) is 0.865. The first-order valence-corrected chi connectivity index (χ1v) is 16.8. The molecule has 2 aliphatic heterocycles. The number of methoxy groups -OCH3 is 1. The third kappa shape index (κ3) is 5.95. The van der Waals surface area contributed by atoms with Crippen molar-refractivity contribution in [2.24, 2.45) is 5.41 Å². The van der Waals surface area contributed by atoms with Crippen LogP contribution in [0, 0.1) is 5.41 Å². The van der Waals surface area contributed by atoms with Gasteiger partial charge in [0.15, 0.2) is 0 Å². The van der Waals surface area contributed by atoms with Crippen molar-refractivity contribution < 1.29 is 24.0 Å². The van der Waals surface area contributed by atoms with E-state index in [2.05, 4.69) is 42.2 Å². The highest BCUT2D eigenvalue weighted by molar-refractivity contribution is 5.99. The van der Waals surface area contributed by atoms with Gasteiger partial charge >= 0.3 is 5.97 Å². The van der Waals surface area contributed by atoms with E-state index in [1.54, 1.807) is 33.1 Å².